The second-order valence-electron chi connectivity index (χ2n) is 4.54. The molecular formula is C10H21FN3+. The summed E-state index contributed by atoms with van der Waals surface area (Å²) in [7, 11) is 0. The Morgan fingerprint density at radius 2 is 2.00 bits per heavy atom. The lowest BCUT2D eigenvalue weighted by molar-refractivity contribution is -0.663. The summed E-state index contributed by atoms with van der Waals surface area (Å²) in [4.78, 5) is 2.49. The molecule has 0 aromatic carbocycles. The van der Waals surface area contributed by atoms with Crippen molar-refractivity contribution in [1.82, 2.24) is 10.0 Å². The molecule has 0 amide bonds. The Labute approximate surface area is 85.2 Å². The highest BCUT2D eigenvalue weighted by molar-refractivity contribution is 4.73. The maximum Gasteiger partial charge on any atom is 0.0885 e. The van der Waals surface area contributed by atoms with E-state index in [1.54, 1.807) is 0 Å². The molecule has 2 rings (SSSR count). The van der Waals surface area contributed by atoms with Crippen LogP contribution in [-0.4, -0.2) is 55.8 Å². The first kappa shape index (κ1) is 10.3. The molecule has 0 radical (unpaired) electrons. The largest absolute Gasteiger partial charge is 0.344 e. The molecule has 0 aromatic heterocycles. The summed E-state index contributed by atoms with van der Waals surface area (Å²) in [5, 5.41) is 3.35. The summed E-state index contributed by atoms with van der Waals surface area (Å²) in [5.74, 6) is 0.562. The van der Waals surface area contributed by atoms with E-state index in [9.17, 15) is 4.48 Å². The predicted molar refractivity (Wildman–Crippen MR) is 53.5 cm³/mol. The monoisotopic (exact) mass is 202 g/mol. The maximum absolute atomic E-state index is 13.0. The molecule has 0 aliphatic carbocycles. The number of piperazine rings is 1. The van der Waals surface area contributed by atoms with E-state index in [-0.39, 0.29) is 0 Å². The number of quaternary nitrogens is 1. The summed E-state index contributed by atoms with van der Waals surface area (Å²) >= 11 is 0. The van der Waals surface area contributed by atoms with Gasteiger partial charge in [0.15, 0.2) is 0 Å². The highest BCUT2D eigenvalue weighted by Crippen LogP contribution is 2.17. The van der Waals surface area contributed by atoms with Gasteiger partial charge in [-0.3, -0.25) is 4.90 Å². The zero-order valence-electron chi connectivity index (χ0n) is 8.79. The molecule has 2 saturated heterocycles. The fraction of sp³-hybridized carbons (Fsp3) is 1.00. The quantitative estimate of drug-likeness (QED) is 0.608. The average molecular weight is 202 g/mol. The van der Waals surface area contributed by atoms with Gasteiger partial charge in [-0.1, -0.05) is 0 Å². The molecule has 3 nitrogen and oxygen atoms in total. The van der Waals surface area contributed by atoms with Crippen molar-refractivity contribution in [2.75, 3.05) is 45.8 Å². The van der Waals surface area contributed by atoms with Gasteiger partial charge in [0.2, 0.25) is 0 Å². The van der Waals surface area contributed by atoms with Crippen LogP contribution in [0.3, 0.4) is 0 Å². The number of nitrogens with zero attached hydrogens (tertiary/aromatic N) is 2. The number of hydrogen-bond donors (Lipinski definition) is 1. The van der Waals surface area contributed by atoms with Crippen molar-refractivity contribution in [1.29, 1.82) is 0 Å². The average Bonchev–Trinajstić information content (AvgIpc) is 2.19. The molecule has 2 heterocycles. The highest BCUT2D eigenvalue weighted by atomic mass is 19.2. The molecule has 0 bridgehead atoms. The molecule has 0 aromatic rings. The van der Waals surface area contributed by atoms with Crippen LogP contribution < -0.4 is 5.32 Å². The summed E-state index contributed by atoms with van der Waals surface area (Å²) in [5.41, 5.74) is 0. The van der Waals surface area contributed by atoms with Gasteiger partial charge in [-0.15, -0.1) is 9.60 Å². The van der Waals surface area contributed by atoms with Crippen LogP contribution in [0.25, 0.3) is 0 Å². The Morgan fingerprint density at radius 1 is 1.21 bits per heavy atom. The maximum atomic E-state index is 13.0. The van der Waals surface area contributed by atoms with E-state index in [2.05, 4.69) is 10.2 Å². The van der Waals surface area contributed by atoms with E-state index in [1.807, 2.05) is 0 Å². The van der Waals surface area contributed by atoms with Gasteiger partial charge in [0.1, 0.15) is 0 Å². The summed E-state index contributed by atoms with van der Waals surface area (Å²) in [6.45, 7) is 7.20. The molecule has 2 aliphatic rings. The normalized spacial score (nSPS) is 31.9. The standard InChI is InChI=1S/C10H20FN3/c11-14-5-1-2-10(9-14)8-13-6-3-12-4-7-13/h10,12H,1-9H2/p+1. The second kappa shape index (κ2) is 5.05. The topological polar surface area (TPSA) is 23.1 Å². The van der Waals surface area contributed by atoms with Gasteiger partial charge in [0.25, 0.3) is 0 Å². The Balaban J connectivity index is 1.72. The Morgan fingerprint density at radius 3 is 2.71 bits per heavy atom. The predicted octanol–water partition coefficient (Wildman–Crippen LogP) is -0.538. The Hall–Kier alpha value is -0.190. The van der Waals surface area contributed by atoms with Crippen molar-refractivity contribution in [2.45, 2.75) is 12.8 Å². The highest BCUT2D eigenvalue weighted by Gasteiger charge is 2.23. The summed E-state index contributed by atoms with van der Waals surface area (Å²) in [6.07, 6.45) is 2.24. The molecule has 14 heavy (non-hydrogen) atoms. The Kier molecular flexibility index (Phi) is 3.73. The first-order valence-corrected chi connectivity index (χ1v) is 5.79. The summed E-state index contributed by atoms with van der Waals surface area (Å²) in [6, 6.07) is 0. The van der Waals surface area contributed by atoms with E-state index in [1.165, 1.54) is 32.6 Å². The second-order valence-corrected chi connectivity index (χ2v) is 4.54. The molecule has 82 valence electrons. The van der Waals surface area contributed by atoms with Crippen molar-refractivity contribution < 1.29 is 9.80 Å². The van der Waals surface area contributed by atoms with Crippen molar-refractivity contribution >= 4 is 0 Å². The lowest BCUT2D eigenvalue weighted by Gasteiger charge is -2.32. The smallest absolute Gasteiger partial charge is 0.0885 e. The lowest BCUT2D eigenvalue weighted by Crippen LogP contribution is -2.89. The fourth-order valence-corrected chi connectivity index (χ4v) is 2.51. The molecule has 2 aliphatic heterocycles. The minimum atomic E-state index is 0.562. The van der Waals surface area contributed by atoms with E-state index >= 15 is 0 Å². The van der Waals surface area contributed by atoms with Gasteiger partial charge >= 0.3 is 0 Å². The van der Waals surface area contributed by atoms with Gasteiger partial charge in [-0.2, -0.15) is 0 Å². The number of hydrogen-bond acceptors (Lipinski definition) is 2. The third-order valence-corrected chi connectivity index (χ3v) is 3.28. The van der Waals surface area contributed by atoms with Crippen LogP contribution >= 0.6 is 0 Å². The van der Waals surface area contributed by atoms with Crippen LogP contribution in [0.4, 0.5) is 4.48 Å². The van der Waals surface area contributed by atoms with Crippen molar-refractivity contribution in [3.63, 3.8) is 0 Å². The van der Waals surface area contributed by atoms with Gasteiger partial charge in [0.05, 0.1) is 13.1 Å². The minimum absolute atomic E-state index is 0.562. The van der Waals surface area contributed by atoms with Crippen LogP contribution in [0.5, 0.6) is 0 Å². The van der Waals surface area contributed by atoms with E-state index in [0.29, 0.717) is 19.0 Å². The number of halogens is 1. The zero-order chi connectivity index (χ0) is 9.80. The zero-order valence-corrected chi connectivity index (χ0v) is 8.79. The minimum Gasteiger partial charge on any atom is -0.344 e. The van der Waals surface area contributed by atoms with E-state index in [0.717, 1.165) is 18.1 Å². The molecule has 1 unspecified atom stereocenters. The first-order chi connectivity index (χ1) is 6.84. The SMILES string of the molecule is FN1CCCC(CN2CC[NH2+]CC2)C1. The first-order valence-electron chi connectivity index (χ1n) is 5.79. The molecule has 0 saturated carbocycles. The Bertz CT molecular complexity index is 171. The van der Waals surface area contributed by atoms with Crippen molar-refractivity contribution in [3.8, 4) is 0 Å². The van der Waals surface area contributed by atoms with Crippen molar-refractivity contribution in [3.05, 3.63) is 0 Å². The van der Waals surface area contributed by atoms with Crippen LogP contribution in [0.1, 0.15) is 12.8 Å². The van der Waals surface area contributed by atoms with Gasteiger partial charge < -0.3 is 5.32 Å². The molecule has 1 atom stereocenters. The van der Waals surface area contributed by atoms with E-state index < -0.39 is 0 Å². The van der Waals surface area contributed by atoms with Gasteiger partial charge in [-0.25, -0.2) is 0 Å². The van der Waals surface area contributed by atoms with Crippen LogP contribution in [0.2, 0.25) is 0 Å². The van der Waals surface area contributed by atoms with Crippen LogP contribution in [-0.2, 0) is 0 Å². The molecule has 4 heteroatoms. The molecular weight excluding hydrogens is 181 g/mol. The van der Waals surface area contributed by atoms with Crippen LogP contribution in [0.15, 0.2) is 0 Å². The number of piperidine rings is 1. The van der Waals surface area contributed by atoms with Crippen LogP contribution in [0, 0.1) is 5.92 Å². The third-order valence-electron chi connectivity index (χ3n) is 3.28. The molecule has 0 spiro atoms. The molecule has 2 N–H and O–H groups in total. The number of nitrogens with two attached hydrogens (primary N) is 1. The van der Waals surface area contributed by atoms with Crippen molar-refractivity contribution in [2.24, 2.45) is 5.92 Å². The van der Waals surface area contributed by atoms with Gasteiger partial charge in [0, 0.05) is 32.7 Å². The summed E-state index contributed by atoms with van der Waals surface area (Å²) < 4.78 is 13.0. The van der Waals surface area contributed by atoms with E-state index in [4.69, 9.17) is 0 Å². The van der Waals surface area contributed by atoms with Gasteiger partial charge in [-0.05, 0) is 18.8 Å². The molecule has 2 fully saturated rings. The third kappa shape index (κ3) is 2.90. The number of rotatable bonds is 2. The fourth-order valence-electron chi connectivity index (χ4n) is 2.51. The lowest BCUT2D eigenvalue weighted by atomic mass is 9.98.